The minimum Gasteiger partial charge on any atom is -0.508 e. The summed E-state index contributed by atoms with van der Waals surface area (Å²) in [5.41, 5.74) is 1.23. The van der Waals surface area contributed by atoms with E-state index in [9.17, 15) is 5.11 Å². The quantitative estimate of drug-likeness (QED) is 0.491. The third-order valence-electron chi connectivity index (χ3n) is 3.53. The second-order valence-corrected chi connectivity index (χ2v) is 5.98. The average molecular weight is 276 g/mol. The predicted molar refractivity (Wildman–Crippen MR) is 86.4 cm³/mol. The lowest BCUT2D eigenvalue weighted by Crippen LogP contribution is -1.75. The van der Waals surface area contributed by atoms with E-state index >= 15 is 0 Å². The third-order valence-corrected chi connectivity index (χ3v) is 4.70. The van der Waals surface area contributed by atoms with Crippen LogP contribution < -0.4 is 0 Å². The van der Waals surface area contributed by atoms with Gasteiger partial charge in [-0.3, -0.25) is 0 Å². The molecule has 3 aromatic carbocycles. The van der Waals surface area contributed by atoms with Crippen molar-refractivity contribution in [2.75, 3.05) is 0 Å². The lowest BCUT2D eigenvalue weighted by atomic mass is 10.1. The Morgan fingerprint density at radius 1 is 0.700 bits per heavy atom. The summed E-state index contributed by atoms with van der Waals surface area (Å²) in [6.07, 6.45) is 0. The minimum atomic E-state index is 0.312. The van der Waals surface area contributed by atoms with E-state index in [0.29, 0.717) is 5.75 Å². The first kappa shape index (κ1) is 11.5. The van der Waals surface area contributed by atoms with Gasteiger partial charge in [-0.25, -0.2) is 0 Å². The fourth-order valence-corrected chi connectivity index (χ4v) is 3.57. The second-order valence-electron chi connectivity index (χ2n) is 4.89. The monoisotopic (exact) mass is 276 g/mol. The number of rotatable bonds is 1. The second kappa shape index (κ2) is 4.36. The van der Waals surface area contributed by atoms with Gasteiger partial charge >= 0.3 is 0 Å². The van der Waals surface area contributed by atoms with E-state index in [0.717, 1.165) is 10.8 Å². The maximum absolute atomic E-state index is 9.51. The largest absolute Gasteiger partial charge is 0.508 e. The summed E-state index contributed by atoms with van der Waals surface area (Å²) in [5, 5.41) is 13.0. The number of benzene rings is 3. The standard InChI is InChI=1S/C18H12OS/c19-16-8-7-12-9-15(6-5-13(12)10-16)18-11-14-3-1-2-4-17(14)20-18/h1-11,19H. The molecule has 0 unspecified atom stereocenters. The summed E-state index contributed by atoms with van der Waals surface area (Å²) in [4.78, 5) is 1.28. The fourth-order valence-electron chi connectivity index (χ4n) is 2.51. The Bertz CT molecular complexity index is 888. The molecular weight excluding hydrogens is 264 g/mol. The van der Waals surface area contributed by atoms with Crippen molar-refractivity contribution in [3.05, 3.63) is 66.7 Å². The van der Waals surface area contributed by atoms with Crippen molar-refractivity contribution in [1.29, 1.82) is 0 Å². The molecule has 4 rings (SSSR count). The summed E-state index contributed by atoms with van der Waals surface area (Å²) in [6, 6.07) is 22.5. The van der Waals surface area contributed by atoms with Crippen LogP contribution in [0.2, 0.25) is 0 Å². The van der Waals surface area contributed by atoms with Crippen LogP contribution in [0, 0.1) is 0 Å². The molecule has 1 aromatic heterocycles. The number of hydrogen-bond donors (Lipinski definition) is 1. The normalized spacial score (nSPS) is 11.2. The third kappa shape index (κ3) is 1.86. The Labute approximate surface area is 120 Å². The molecule has 96 valence electrons. The van der Waals surface area contributed by atoms with Crippen LogP contribution in [0.3, 0.4) is 0 Å². The number of phenols is 1. The van der Waals surface area contributed by atoms with Crippen molar-refractivity contribution >= 4 is 32.2 Å². The molecule has 0 radical (unpaired) electrons. The van der Waals surface area contributed by atoms with Crippen molar-refractivity contribution in [3.63, 3.8) is 0 Å². The summed E-state index contributed by atoms with van der Waals surface area (Å²) in [5.74, 6) is 0.312. The van der Waals surface area contributed by atoms with Crippen molar-refractivity contribution in [2.45, 2.75) is 0 Å². The molecule has 0 aliphatic carbocycles. The molecule has 0 saturated carbocycles. The topological polar surface area (TPSA) is 20.2 Å². The number of fused-ring (bicyclic) bond motifs is 2. The van der Waals surface area contributed by atoms with Crippen molar-refractivity contribution < 1.29 is 5.11 Å². The van der Waals surface area contributed by atoms with Crippen molar-refractivity contribution in [2.24, 2.45) is 0 Å². The lowest BCUT2D eigenvalue weighted by Gasteiger charge is -2.02. The maximum atomic E-state index is 9.51. The van der Waals surface area contributed by atoms with E-state index in [4.69, 9.17) is 0 Å². The fraction of sp³-hybridized carbons (Fsp3) is 0. The van der Waals surface area contributed by atoms with Gasteiger partial charge in [0.15, 0.2) is 0 Å². The van der Waals surface area contributed by atoms with Gasteiger partial charge in [0.2, 0.25) is 0 Å². The molecule has 0 aliphatic rings. The van der Waals surface area contributed by atoms with Crippen molar-refractivity contribution in [3.8, 4) is 16.2 Å². The highest BCUT2D eigenvalue weighted by Crippen LogP contribution is 2.35. The molecule has 0 bridgehead atoms. The lowest BCUT2D eigenvalue weighted by molar-refractivity contribution is 0.476. The van der Waals surface area contributed by atoms with Gasteiger partial charge in [-0.1, -0.05) is 36.4 Å². The molecule has 0 aliphatic heterocycles. The summed E-state index contributed by atoms with van der Waals surface area (Å²) >= 11 is 1.81. The van der Waals surface area contributed by atoms with Gasteiger partial charge in [0.25, 0.3) is 0 Å². The molecule has 4 aromatic rings. The zero-order chi connectivity index (χ0) is 13.5. The van der Waals surface area contributed by atoms with Gasteiger partial charge in [-0.2, -0.15) is 0 Å². The Balaban J connectivity index is 1.90. The highest BCUT2D eigenvalue weighted by molar-refractivity contribution is 7.22. The minimum absolute atomic E-state index is 0.312. The molecule has 20 heavy (non-hydrogen) atoms. The zero-order valence-electron chi connectivity index (χ0n) is 10.7. The first-order chi connectivity index (χ1) is 9.79. The van der Waals surface area contributed by atoms with E-state index in [1.807, 2.05) is 17.4 Å². The number of thiophene rings is 1. The van der Waals surface area contributed by atoms with Crippen LogP contribution >= 0.6 is 11.3 Å². The summed E-state index contributed by atoms with van der Waals surface area (Å²) in [7, 11) is 0. The number of aromatic hydroxyl groups is 1. The average Bonchev–Trinajstić information content (AvgIpc) is 2.90. The van der Waals surface area contributed by atoms with Gasteiger partial charge in [-0.15, -0.1) is 11.3 Å². The smallest absolute Gasteiger partial charge is 0.116 e. The van der Waals surface area contributed by atoms with Crippen LogP contribution in [0.25, 0.3) is 31.3 Å². The van der Waals surface area contributed by atoms with E-state index < -0.39 is 0 Å². The predicted octanol–water partition coefficient (Wildman–Crippen LogP) is 5.43. The number of phenolic OH excluding ortho intramolecular Hbond substituents is 1. The van der Waals surface area contributed by atoms with Crippen LogP contribution in [0.1, 0.15) is 0 Å². The van der Waals surface area contributed by atoms with Gasteiger partial charge in [-0.05, 0) is 52.1 Å². The Morgan fingerprint density at radius 3 is 2.40 bits per heavy atom. The first-order valence-corrected chi connectivity index (χ1v) is 7.33. The SMILES string of the molecule is Oc1ccc2cc(-c3cc4ccccc4s3)ccc2c1. The first-order valence-electron chi connectivity index (χ1n) is 6.51. The van der Waals surface area contributed by atoms with Gasteiger partial charge in [0.05, 0.1) is 0 Å². The van der Waals surface area contributed by atoms with Crippen LogP contribution in [-0.2, 0) is 0 Å². The van der Waals surface area contributed by atoms with E-state index in [1.54, 1.807) is 12.1 Å². The Kier molecular flexibility index (Phi) is 2.51. The van der Waals surface area contributed by atoms with Crippen LogP contribution in [-0.4, -0.2) is 5.11 Å². The van der Waals surface area contributed by atoms with E-state index in [1.165, 1.54) is 20.5 Å². The van der Waals surface area contributed by atoms with E-state index in [-0.39, 0.29) is 0 Å². The molecule has 0 amide bonds. The molecule has 1 heterocycles. The molecule has 0 spiro atoms. The molecule has 2 heteroatoms. The zero-order valence-corrected chi connectivity index (χ0v) is 11.5. The highest BCUT2D eigenvalue weighted by Gasteiger charge is 2.05. The number of hydrogen-bond acceptors (Lipinski definition) is 2. The van der Waals surface area contributed by atoms with Crippen LogP contribution in [0.5, 0.6) is 5.75 Å². The van der Waals surface area contributed by atoms with Gasteiger partial charge in [0.1, 0.15) is 5.75 Å². The summed E-state index contributed by atoms with van der Waals surface area (Å²) < 4.78 is 1.31. The maximum Gasteiger partial charge on any atom is 0.116 e. The van der Waals surface area contributed by atoms with Crippen LogP contribution in [0.15, 0.2) is 66.7 Å². The van der Waals surface area contributed by atoms with Crippen LogP contribution in [0.4, 0.5) is 0 Å². The van der Waals surface area contributed by atoms with Gasteiger partial charge in [0, 0.05) is 9.58 Å². The molecule has 1 nitrogen and oxygen atoms in total. The Morgan fingerprint density at radius 2 is 1.50 bits per heavy atom. The van der Waals surface area contributed by atoms with Gasteiger partial charge < -0.3 is 5.11 Å². The summed E-state index contributed by atoms with van der Waals surface area (Å²) in [6.45, 7) is 0. The molecule has 1 N–H and O–H groups in total. The van der Waals surface area contributed by atoms with Crippen molar-refractivity contribution in [1.82, 2.24) is 0 Å². The van der Waals surface area contributed by atoms with E-state index in [2.05, 4.69) is 48.5 Å². The molecule has 0 fully saturated rings. The highest BCUT2D eigenvalue weighted by atomic mass is 32.1. The molecule has 0 saturated heterocycles. The Hall–Kier alpha value is -2.32. The molecule has 0 atom stereocenters. The molecular formula is C18H12OS.